The van der Waals surface area contributed by atoms with Crippen molar-refractivity contribution in [1.29, 1.82) is 0 Å². The molecule has 0 radical (unpaired) electrons. The number of rotatable bonds is 10. The molecule has 0 aliphatic carbocycles. The van der Waals surface area contributed by atoms with Crippen molar-refractivity contribution in [2.45, 2.75) is 50.2 Å². The Balaban J connectivity index is 0.000000493. The van der Waals surface area contributed by atoms with E-state index in [0.717, 1.165) is 18.9 Å². The number of benzene rings is 1. The summed E-state index contributed by atoms with van der Waals surface area (Å²) in [5, 5.41) is 18.0. The molecule has 10 nitrogen and oxygen atoms in total. The fourth-order valence-corrected chi connectivity index (χ4v) is 6.49. The van der Waals surface area contributed by atoms with Gasteiger partial charge in [-0.25, -0.2) is 31.2 Å². The summed E-state index contributed by atoms with van der Waals surface area (Å²) in [5.74, 6) is -5.90. The van der Waals surface area contributed by atoms with E-state index >= 15 is 0 Å². The number of nitrogens with two attached hydrogens (primary N) is 1. The number of nitrogens with zero attached hydrogens (tertiary/aromatic N) is 1. The first-order valence-corrected chi connectivity index (χ1v) is 12.7. The van der Waals surface area contributed by atoms with E-state index in [1.54, 1.807) is 4.31 Å². The van der Waals surface area contributed by atoms with Crippen LogP contribution in [0.25, 0.3) is 0 Å². The van der Waals surface area contributed by atoms with Gasteiger partial charge in [-0.3, -0.25) is 4.79 Å². The first kappa shape index (κ1) is 29.3. The zero-order chi connectivity index (χ0) is 27.0. The van der Waals surface area contributed by atoms with Crippen LogP contribution in [0.5, 0.6) is 0 Å². The summed E-state index contributed by atoms with van der Waals surface area (Å²) < 4.78 is 67.2. The van der Waals surface area contributed by atoms with Crippen LogP contribution in [0.2, 0.25) is 0 Å². The van der Waals surface area contributed by atoms with E-state index in [1.165, 1.54) is 0 Å². The summed E-state index contributed by atoms with van der Waals surface area (Å²) in [6, 6.07) is 0.517. The number of halogens is 3. The summed E-state index contributed by atoms with van der Waals surface area (Å²) in [6.45, 7) is 0.0557. The number of hydrogen-bond acceptors (Lipinski definition) is 6. The Bertz CT molecular complexity index is 1070. The average Bonchev–Trinajstić information content (AvgIpc) is 3.07. The first-order valence-electron chi connectivity index (χ1n) is 11.1. The molecule has 3 atom stereocenters. The van der Waals surface area contributed by atoms with Gasteiger partial charge in [-0.05, 0) is 49.7 Å². The maximum atomic E-state index is 13.9. The highest BCUT2D eigenvalue weighted by Crippen LogP contribution is 2.41. The summed E-state index contributed by atoms with van der Waals surface area (Å²) >= 11 is 0. The smallest absolute Gasteiger partial charge is 0.328 e. The van der Waals surface area contributed by atoms with Crippen LogP contribution >= 0.6 is 0 Å². The van der Waals surface area contributed by atoms with E-state index in [2.05, 4.69) is 5.32 Å². The van der Waals surface area contributed by atoms with Gasteiger partial charge in [-0.15, -0.1) is 0 Å². The minimum Gasteiger partial charge on any atom is -0.478 e. The van der Waals surface area contributed by atoms with Crippen LogP contribution in [0, 0.1) is 23.4 Å². The number of carbonyl (C=O) groups excluding carboxylic acids is 1. The number of aliphatic carboxylic acids is 2. The van der Waals surface area contributed by atoms with Crippen molar-refractivity contribution in [3.05, 3.63) is 47.3 Å². The van der Waals surface area contributed by atoms with E-state index in [0.29, 0.717) is 37.5 Å². The fourth-order valence-electron chi connectivity index (χ4n) is 4.62. The highest BCUT2D eigenvalue weighted by molar-refractivity contribution is 7.89. The Morgan fingerprint density at radius 3 is 2.08 bits per heavy atom. The van der Waals surface area contributed by atoms with Crippen LogP contribution in [0.15, 0.2) is 24.3 Å². The highest BCUT2D eigenvalue weighted by atomic mass is 32.2. The summed E-state index contributed by atoms with van der Waals surface area (Å²) in [7, 11) is -3.50. The number of nitrogens with one attached hydrogen (secondary N) is 1. The van der Waals surface area contributed by atoms with Gasteiger partial charge in [0.15, 0.2) is 11.6 Å². The Morgan fingerprint density at radius 2 is 1.58 bits per heavy atom. The zero-order valence-corrected chi connectivity index (χ0v) is 20.0. The lowest BCUT2D eigenvalue weighted by molar-refractivity contribution is -0.134. The van der Waals surface area contributed by atoms with E-state index in [-0.39, 0.29) is 42.3 Å². The van der Waals surface area contributed by atoms with Gasteiger partial charge >= 0.3 is 11.9 Å². The van der Waals surface area contributed by atoms with Gasteiger partial charge in [-0.2, -0.15) is 4.31 Å². The number of carboxylic acids is 2. The average molecular weight is 536 g/mol. The Kier molecular flexibility index (Phi) is 10.4. The minimum absolute atomic E-state index is 0.0220. The molecule has 0 aromatic heterocycles. The molecule has 2 aliphatic heterocycles. The van der Waals surface area contributed by atoms with Crippen molar-refractivity contribution in [3.63, 3.8) is 0 Å². The molecule has 2 bridgehead atoms. The number of carboxylic acid groups (broad SMARTS) is 2. The largest absolute Gasteiger partial charge is 0.478 e. The normalized spacial score (nSPS) is 22.5. The molecular weight excluding hydrogens is 507 g/mol. The molecule has 1 amide bonds. The van der Waals surface area contributed by atoms with Crippen molar-refractivity contribution in [2.75, 3.05) is 12.3 Å². The third kappa shape index (κ3) is 8.03. The first-order chi connectivity index (χ1) is 16.9. The molecule has 0 saturated carbocycles. The number of fused-ring (bicyclic) bond motifs is 2. The van der Waals surface area contributed by atoms with Crippen molar-refractivity contribution < 1.29 is 46.2 Å². The number of carbonyl (C=O) groups is 3. The Labute approximate surface area is 206 Å². The van der Waals surface area contributed by atoms with Crippen molar-refractivity contribution in [3.8, 4) is 0 Å². The van der Waals surface area contributed by atoms with Gasteiger partial charge in [-0.1, -0.05) is 0 Å². The topological polar surface area (TPSA) is 167 Å². The molecule has 200 valence electrons. The molecule has 2 saturated heterocycles. The van der Waals surface area contributed by atoms with Crippen molar-refractivity contribution in [1.82, 2.24) is 9.62 Å². The second kappa shape index (κ2) is 12.8. The predicted molar refractivity (Wildman–Crippen MR) is 122 cm³/mol. The molecule has 0 spiro atoms. The van der Waals surface area contributed by atoms with Gasteiger partial charge in [0.25, 0.3) is 0 Å². The second-order valence-electron chi connectivity index (χ2n) is 8.57. The Morgan fingerprint density at radius 1 is 1.06 bits per heavy atom. The number of sulfonamides is 1. The maximum Gasteiger partial charge on any atom is 0.328 e. The second-order valence-corrected chi connectivity index (χ2v) is 10.6. The van der Waals surface area contributed by atoms with Crippen LogP contribution in [0.4, 0.5) is 13.2 Å². The van der Waals surface area contributed by atoms with Gasteiger partial charge in [0.1, 0.15) is 5.82 Å². The molecule has 2 heterocycles. The molecule has 2 fully saturated rings. The molecule has 2 unspecified atom stereocenters. The monoisotopic (exact) mass is 535 g/mol. The zero-order valence-electron chi connectivity index (χ0n) is 19.1. The summed E-state index contributed by atoms with van der Waals surface area (Å²) in [4.78, 5) is 29.4. The van der Waals surface area contributed by atoms with Crippen LogP contribution < -0.4 is 11.1 Å². The lowest BCUT2D eigenvalue weighted by Gasteiger charge is -2.40. The SMILES string of the molecule is N[C@H](Cc1cc(F)c(F)cc1F)C1CC2CCC(C1)N2S(=O)(=O)CCNC=O.O=C(O)/C=C\C(=O)O. The molecule has 14 heteroatoms. The van der Waals surface area contributed by atoms with Crippen LogP contribution in [0.3, 0.4) is 0 Å². The molecule has 2 aliphatic rings. The molecular formula is C22H28F3N3O7S. The summed E-state index contributed by atoms with van der Waals surface area (Å²) in [6.07, 6.45) is 4.19. The van der Waals surface area contributed by atoms with Crippen LogP contribution in [0.1, 0.15) is 31.2 Å². The van der Waals surface area contributed by atoms with Gasteiger partial charge in [0, 0.05) is 42.9 Å². The third-order valence-electron chi connectivity index (χ3n) is 6.13. The van der Waals surface area contributed by atoms with Gasteiger partial charge in [0.2, 0.25) is 16.4 Å². The number of piperidine rings is 1. The number of amides is 1. The van der Waals surface area contributed by atoms with Crippen LogP contribution in [-0.4, -0.2) is 71.7 Å². The highest BCUT2D eigenvalue weighted by Gasteiger charge is 2.47. The quantitative estimate of drug-likeness (QED) is 0.149. The van der Waals surface area contributed by atoms with Crippen LogP contribution in [-0.2, 0) is 30.8 Å². The molecule has 1 aromatic rings. The van der Waals surface area contributed by atoms with E-state index in [1.807, 2.05) is 0 Å². The van der Waals surface area contributed by atoms with Crippen molar-refractivity contribution >= 4 is 28.4 Å². The van der Waals surface area contributed by atoms with Gasteiger partial charge in [0.05, 0.1) is 5.75 Å². The fraction of sp³-hybridized carbons (Fsp3) is 0.500. The molecule has 1 aromatic carbocycles. The summed E-state index contributed by atoms with van der Waals surface area (Å²) in [5.41, 5.74) is 6.26. The lowest BCUT2D eigenvalue weighted by atomic mass is 9.83. The van der Waals surface area contributed by atoms with E-state index in [4.69, 9.17) is 15.9 Å². The van der Waals surface area contributed by atoms with Crippen molar-refractivity contribution in [2.24, 2.45) is 11.7 Å². The van der Waals surface area contributed by atoms with E-state index < -0.39 is 45.5 Å². The Hall–Kier alpha value is -2.97. The minimum atomic E-state index is -3.50. The van der Waals surface area contributed by atoms with Gasteiger partial charge < -0.3 is 21.3 Å². The molecule has 5 N–H and O–H groups in total. The van der Waals surface area contributed by atoms with E-state index in [9.17, 15) is 36.0 Å². The maximum absolute atomic E-state index is 13.9. The lowest BCUT2D eigenvalue weighted by Crippen LogP contribution is -2.51. The molecule has 3 rings (SSSR count). The number of hydrogen-bond donors (Lipinski definition) is 4. The molecule has 36 heavy (non-hydrogen) atoms. The third-order valence-corrected chi connectivity index (χ3v) is 8.09. The predicted octanol–water partition coefficient (Wildman–Crippen LogP) is 1.00. The standard InChI is InChI=1S/C18H24F3N3O3S.C4H4O4/c19-15-9-17(21)16(20)7-11(15)8-18(22)12-5-13-1-2-14(6-12)24(13)28(26,27)4-3-23-10-25;5-3(6)1-2-4(7)8/h7,9-10,12-14,18H,1-6,8,22H2,(H,23,25);1-2H,(H,5,6)(H,7,8)/b;2-1-/t12?,13?,14?,18-;/m1./s1.